The number of fused-ring (bicyclic) bond motifs is 1. The molecule has 0 saturated carbocycles. The van der Waals surface area contributed by atoms with Gasteiger partial charge in [-0.25, -0.2) is 0 Å². The number of rotatable bonds is 5. The van der Waals surface area contributed by atoms with Gasteiger partial charge in [0.1, 0.15) is 12.2 Å². The van der Waals surface area contributed by atoms with E-state index in [9.17, 15) is 0 Å². The Morgan fingerprint density at radius 1 is 0.963 bits per heavy atom. The molecule has 3 nitrogen and oxygen atoms in total. The van der Waals surface area contributed by atoms with Crippen LogP contribution in [0.25, 0.3) is 11.0 Å². The number of aryl methyl sites for hydroxylation is 1. The van der Waals surface area contributed by atoms with Crippen LogP contribution < -0.4 is 0 Å². The van der Waals surface area contributed by atoms with Gasteiger partial charge in [-0.2, -0.15) is 0 Å². The molecule has 134 valence electrons. The average molecular weight is 376 g/mol. The highest BCUT2D eigenvalue weighted by Crippen LogP contribution is 2.22. The number of halogens is 1. The van der Waals surface area contributed by atoms with Crippen LogP contribution >= 0.6 is 11.6 Å². The zero-order valence-corrected chi connectivity index (χ0v) is 15.6. The van der Waals surface area contributed by atoms with Crippen LogP contribution in [-0.4, -0.2) is 5.71 Å². The molecule has 0 aliphatic carbocycles. The first-order valence-corrected chi connectivity index (χ1v) is 9.07. The average Bonchev–Trinajstić information content (AvgIpc) is 3.11. The summed E-state index contributed by atoms with van der Waals surface area (Å²) in [4.78, 5) is 5.64. The van der Waals surface area contributed by atoms with E-state index < -0.39 is 0 Å². The minimum absolute atomic E-state index is 0.354. The molecule has 0 saturated heterocycles. The number of benzene rings is 3. The van der Waals surface area contributed by atoms with Crippen LogP contribution in [0.15, 0.2) is 88.4 Å². The number of para-hydroxylation sites is 1. The Hall–Kier alpha value is -3.04. The number of nitrogens with zero attached hydrogens (tertiary/aromatic N) is 1. The summed E-state index contributed by atoms with van der Waals surface area (Å²) in [6, 6.07) is 25.5. The van der Waals surface area contributed by atoms with E-state index in [4.69, 9.17) is 20.9 Å². The summed E-state index contributed by atoms with van der Waals surface area (Å²) in [6.45, 7) is 2.41. The molecule has 0 atom stereocenters. The van der Waals surface area contributed by atoms with Crippen LogP contribution in [0.1, 0.15) is 22.5 Å². The van der Waals surface area contributed by atoms with Gasteiger partial charge in [-0.15, -0.1) is 0 Å². The van der Waals surface area contributed by atoms with E-state index in [0.717, 1.165) is 22.1 Å². The summed E-state index contributed by atoms with van der Waals surface area (Å²) in [5.74, 6) is 0.677. The Bertz CT molecular complexity index is 1050. The highest BCUT2D eigenvalue weighted by Gasteiger charge is 2.14. The first kappa shape index (κ1) is 17.4. The molecule has 1 heterocycles. The predicted octanol–water partition coefficient (Wildman–Crippen LogP) is 6.36. The van der Waals surface area contributed by atoms with Crippen molar-refractivity contribution in [3.63, 3.8) is 0 Å². The number of hydrogen-bond donors (Lipinski definition) is 0. The SMILES string of the molecule is Cc1ccc(/C(=N\OCc2ccc(Cl)cc2)c2cc3ccccc3o2)cc1. The number of oxime groups is 1. The van der Waals surface area contributed by atoms with E-state index >= 15 is 0 Å². The van der Waals surface area contributed by atoms with Crippen molar-refractivity contribution in [3.05, 3.63) is 106 Å². The molecule has 0 unspecified atom stereocenters. The van der Waals surface area contributed by atoms with Crippen molar-refractivity contribution < 1.29 is 9.25 Å². The fourth-order valence-corrected chi connectivity index (χ4v) is 2.93. The minimum Gasteiger partial charge on any atom is -0.454 e. The normalized spacial score (nSPS) is 11.7. The first-order valence-electron chi connectivity index (χ1n) is 8.69. The summed E-state index contributed by atoms with van der Waals surface area (Å²) in [5, 5.41) is 6.13. The smallest absolute Gasteiger partial charge is 0.157 e. The lowest BCUT2D eigenvalue weighted by Crippen LogP contribution is -2.03. The van der Waals surface area contributed by atoms with Crippen molar-refractivity contribution in [1.82, 2.24) is 0 Å². The van der Waals surface area contributed by atoms with E-state index in [1.807, 2.05) is 78.9 Å². The van der Waals surface area contributed by atoms with E-state index in [2.05, 4.69) is 12.1 Å². The second kappa shape index (κ2) is 7.68. The predicted molar refractivity (Wildman–Crippen MR) is 109 cm³/mol. The van der Waals surface area contributed by atoms with Crippen molar-refractivity contribution >= 4 is 28.3 Å². The zero-order chi connectivity index (χ0) is 18.6. The van der Waals surface area contributed by atoms with Crippen molar-refractivity contribution in [3.8, 4) is 0 Å². The van der Waals surface area contributed by atoms with E-state index in [-0.39, 0.29) is 0 Å². The van der Waals surface area contributed by atoms with Gasteiger partial charge >= 0.3 is 0 Å². The van der Waals surface area contributed by atoms with Crippen LogP contribution in [0, 0.1) is 6.92 Å². The van der Waals surface area contributed by atoms with Crippen LogP contribution in [0.5, 0.6) is 0 Å². The van der Waals surface area contributed by atoms with E-state index in [0.29, 0.717) is 23.1 Å². The van der Waals surface area contributed by atoms with Gasteiger partial charge in [0.2, 0.25) is 0 Å². The van der Waals surface area contributed by atoms with Crippen LogP contribution in [0.4, 0.5) is 0 Å². The molecule has 27 heavy (non-hydrogen) atoms. The van der Waals surface area contributed by atoms with Gasteiger partial charge in [0.15, 0.2) is 11.5 Å². The fraction of sp³-hybridized carbons (Fsp3) is 0.0870. The Morgan fingerprint density at radius 3 is 2.44 bits per heavy atom. The maximum absolute atomic E-state index is 6.01. The summed E-state index contributed by atoms with van der Waals surface area (Å²) < 4.78 is 6.01. The Kier molecular flexibility index (Phi) is 4.95. The van der Waals surface area contributed by atoms with Gasteiger partial charge < -0.3 is 9.25 Å². The molecule has 3 aromatic carbocycles. The minimum atomic E-state index is 0.354. The van der Waals surface area contributed by atoms with E-state index in [1.54, 1.807) is 0 Å². The maximum Gasteiger partial charge on any atom is 0.157 e. The largest absolute Gasteiger partial charge is 0.454 e. The quantitative estimate of drug-likeness (QED) is 0.300. The molecule has 0 amide bonds. The van der Waals surface area contributed by atoms with Crippen molar-refractivity contribution in [2.24, 2.45) is 5.16 Å². The third-order valence-corrected chi connectivity index (χ3v) is 4.54. The van der Waals surface area contributed by atoms with Gasteiger partial charge in [-0.05, 0) is 36.8 Å². The number of furan rings is 1. The second-order valence-electron chi connectivity index (χ2n) is 6.35. The summed E-state index contributed by atoms with van der Waals surface area (Å²) in [6.07, 6.45) is 0. The topological polar surface area (TPSA) is 34.7 Å². The molecule has 0 N–H and O–H groups in total. The van der Waals surface area contributed by atoms with Crippen LogP contribution in [0.2, 0.25) is 5.02 Å². The van der Waals surface area contributed by atoms with Gasteiger partial charge in [0.05, 0.1) is 0 Å². The van der Waals surface area contributed by atoms with Gasteiger partial charge in [-0.3, -0.25) is 0 Å². The summed E-state index contributed by atoms with van der Waals surface area (Å²) in [5.41, 5.74) is 4.61. The third kappa shape index (κ3) is 4.04. The second-order valence-corrected chi connectivity index (χ2v) is 6.79. The lowest BCUT2D eigenvalue weighted by Gasteiger charge is -2.06. The molecule has 1 aromatic heterocycles. The number of hydrogen-bond acceptors (Lipinski definition) is 3. The fourth-order valence-electron chi connectivity index (χ4n) is 2.80. The van der Waals surface area contributed by atoms with Crippen molar-refractivity contribution in [1.29, 1.82) is 0 Å². The molecule has 0 aliphatic rings. The first-order chi connectivity index (χ1) is 13.2. The Morgan fingerprint density at radius 2 is 1.70 bits per heavy atom. The lowest BCUT2D eigenvalue weighted by molar-refractivity contribution is 0.130. The molecule has 0 spiro atoms. The molecule has 0 radical (unpaired) electrons. The van der Waals surface area contributed by atoms with Crippen molar-refractivity contribution in [2.45, 2.75) is 13.5 Å². The Labute approximate surface area is 162 Å². The molecule has 4 aromatic rings. The summed E-state index contributed by atoms with van der Waals surface area (Å²) in [7, 11) is 0. The van der Waals surface area contributed by atoms with Gasteiger partial charge in [-0.1, -0.05) is 76.9 Å². The standard InChI is InChI=1S/C23H18ClNO2/c1-16-6-10-18(11-7-16)23(22-14-19-4-2-3-5-21(19)27-22)25-26-15-17-8-12-20(24)13-9-17/h2-14H,15H2,1H3/b25-23+. The van der Waals surface area contributed by atoms with Gasteiger partial charge in [0, 0.05) is 16.0 Å². The highest BCUT2D eigenvalue weighted by atomic mass is 35.5. The monoisotopic (exact) mass is 375 g/mol. The van der Waals surface area contributed by atoms with Gasteiger partial charge in [0.25, 0.3) is 0 Å². The molecule has 0 fully saturated rings. The lowest BCUT2D eigenvalue weighted by atomic mass is 10.1. The molecular formula is C23H18ClNO2. The maximum atomic E-state index is 6.01. The molecule has 4 rings (SSSR count). The van der Waals surface area contributed by atoms with E-state index in [1.165, 1.54) is 5.56 Å². The van der Waals surface area contributed by atoms with Crippen LogP contribution in [-0.2, 0) is 11.4 Å². The highest BCUT2D eigenvalue weighted by molar-refractivity contribution is 6.30. The van der Waals surface area contributed by atoms with Crippen LogP contribution in [0.3, 0.4) is 0 Å². The molecule has 0 aliphatic heterocycles. The molecular weight excluding hydrogens is 358 g/mol. The summed E-state index contributed by atoms with van der Waals surface area (Å²) >= 11 is 5.93. The molecule has 4 heteroatoms. The third-order valence-electron chi connectivity index (χ3n) is 4.28. The Balaban J connectivity index is 1.66. The molecule has 0 bridgehead atoms. The van der Waals surface area contributed by atoms with Crippen molar-refractivity contribution in [2.75, 3.05) is 0 Å². The zero-order valence-electron chi connectivity index (χ0n) is 14.9.